The number of aromatic nitrogens is 2. The van der Waals surface area contributed by atoms with Crippen molar-refractivity contribution in [2.45, 2.75) is 43.9 Å². The third-order valence-corrected chi connectivity index (χ3v) is 4.89. The molecule has 7 heteroatoms. The Morgan fingerprint density at radius 1 is 1.25 bits per heavy atom. The van der Waals surface area contributed by atoms with E-state index in [9.17, 15) is 8.42 Å². The molecule has 0 saturated heterocycles. The first-order valence-corrected chi connectivity index (χ1v) is 8.65. The van der Waals surface area contributed by atoms with Gasteiger partial charge in [-0.1, -0.05) is 19.8 Å². The van der Waals surface area contributed by atoms with Gasteiger partial charge in [0.2, 0.25) is 16.0 Å². The molecule has 0 aromatic carbocycles. The molecule has 0 amide bonds. The molecule has 1 aromatic heterocycles. The molecule has 2 N–H and O–H groups in total. The highest BCUT2D eigenvalue weighted by atomic mass is 32.2. The zero-order valence-electron chi connectivity index (χ0n) is 11.8. The van der Waals surface area contributed by atoms with Crippen LogP contribution in [0.5, 0.6) is 0 Å². The number of sulfonamides is 1. The molecule has 112 valence electrons. The van der Waals surface area contributed by atoms with Crippen LogP contribution in [-0.4, -0.2) is 31.5 Å². The van der Waals surface area contributed by atoms with Crippen LogP contribution in [0.4, 0.5) is 5.95 Å². The van der Waals surface area contributed by atoms with E-state index in [0.29, 0.717) is 18.4 Å². The quantitative estimate of drug-likeness (QED) is 0.801. The van der Waals surface area contributed by atoms with Gasteiger partial charge in [0.25, 0.3) is 0 Å². The van der Waals surface area contributed by atoms with Gasteiger partial charge in [0.15, 0.2) is 0 Å². The number of hydrogen-bond donors (Lipinski definition) is 2. The molecule has 1 saturated carbocycles. The Bertz CT molecular complexity index is 510. The van der Waals surface area contributed by atoms with Crippen molar-refractivity contribution in [1.29, 1.82) is 0 Å². The highest BCUT2D eigenvalue weighted by molar-refractivity contribution is 7.89. The Morgan fingerprint density at radius 3 is 2.50 bits per heavy atom. The van der Waals surface area contributed by atoms with Crippen molar-refractivity contribution in [3.63, 3.8) is 0 Å². The van der Waals surface area contributed by atoms with Crippen LogP contribution in [0.2, 0.25) is 0 Å². The first kappa shape index (κ1) is 15.2. The molecule has 1 aliphatic rings. The normalized spacial score (nSPS) is 16.4. The van der Waals surface area contributed by atoms with E-state index in [2.05, 4.69) is 20.0 Å². The Balaban J connectivity index is 1.94. The van der Waals surface area contributed by atoms with Gasteiger partial charge < -0.3 is 5.32 Å². The predicted molar refractivity (Wildman–Crippen MR) is 78.0 cm³/mol. The van der Waals surface area contributed by atoms with Gasteiger partial charge in [-0.05, 0) is 25.2 Å². The van der Waals surface area contributed by atoms with Crippen LogP contribution in [0.3, 0.4) is 0 Å². The number of hydrogen-bond acceptors (Lipinski definition) is 5. The van der Waals surface area contributed by atoms with Gasteiger partial charge in [0.05, 0.1) is 12.4 Å². The summed E-state index contributed by atoms with van der Waals surface area (Å²) in [5.41, 5.74) is 0. The fourth-order valence-electron chi connectivity index (χ4n) is 2.31. The largest absolute Gasteiger partial charge is 0.354 e. The first-order chi connectivity index (χ1) is 9.62. The van der Waals surface area contributed by atoms with Gasteiger partial charge in [-0.15, -0.1) is 0 Å². The zero-order chi connectivity index (χ0) is 14.4. The third-order valence-electron chi connectivity index (χ3n) is 3.51. The predicted octanol–water partition coefficient (Wildman–Crippen LogP) is 1.77. The van der Waals surface area contributed by atoms with Crippen molar-refractivity contribution in [1.82, 2.24) is 14.7 Å². The summed E-state index contributed by atoms with van der Waals surface area (Å²) in [4.78, 5) is 8.16. The van der Waals surface area contributed by atoms with E-state index >= 15 is 0 Å². The number of rotatable bonds is 7. The molecule has 0 spiro atoms. The van der Waals surface area contributed by atoms with E-state index in [4.69, 9.17) is 0 Å². The molecule has 1 fully saturated rings. The van der Waals surface area contributed by atoms with Gasteiger partial charge in [-0.2, -0.15) is 0 Å². The molecular formula is C13H22N4O2S. The Hall–Kier alpha value is -1.21. The SMILES string of the molecule is CCCNc1ncc(S(=O)(=O)NCC2CCCC2)cn1. The van der Waals surface area contributed by atoms with Gasteiger partial charge in [0.1, 0.15) is 4.90 Å². The summed E-state index contributed by atoms with van der Waals surface area (Å²) < 4.78 is 26.9. The average Bonchev–Trinajstić information content (AvgIpc) is 2.97. The molecule has 0 unspecified atom stereocenters. The van der Waals surface area contributed by atoms with Gasteiger partial charge >= 0.3 is 0 Å². The molecule has 0 aliphatic heterocycles. The van der Waals surface area contributed by atoms with Crippen LogP contribution in [0.1, 0.15) is 39.0 Å². The van der Waals surface area contributed by atoms with Gasteiger partial charge in [-0.25, -0.2) is 23.1 Å². The summed E-state index contributed by atoms with van der Waals surface area (Å²) in [6.07, 6.45) is 8.29. The highest BCUT2D eigenvalue weighted by Crippen LogP contribution is 2.24. The number of nitrogens with one attached hydrogen (secondary N) is 2. The molecule has 0 bridgehead atoms. The van der Waals surface area contributed by atoms with E-state index < -0.39 is 10.0 Å². The fourth-order valence-corrected chi connectivity index (χ4v) is 3.31. The van der Waals surface area contributed by atoms with Crippen LogP contribution in [0.25, 0.3) is 0 Å². The van der Waals surface area contributed by atoms with Crippen molar-refractivity contribution in [2.24, 2.45) is 5.92 Å². The lowest BCUT2D eigenvalue weighted by molar-refractivity contribution is 0.519. The van der Waals surface area contributed by atoms with Crippen LogP contribution in [-0.2, 0) is 10.0 Å². The Morgan fingerprint density at radius 2 is 1.90 bits per heavy atom. The third kappa shape index (κ3) is 4.14. The van der Waals surface area contributed by atoms with E-state index in [0.717, 1.165) is 25.8 Å². The summed E-state index contributed by atoms with van der Waals surface area (Å²) in [6, 6.07) is 0. The van der Waals surface area contributed by atoms with Crippen molar-refractivity contribution < 1.29 is 8.42 Å². The summed E-state index contributed by atoms with van der Waals surface area (Å²) in [7, 11) is -3.49. The topological polar surface area (TPSA) is 84.0 Å². The second-order valence-electron chi connectivity index (χ2n) is 5.17. The lowest BCUT2D eigenvalue weighted by Gasteiger charge is -2.11. The van der Waals surface area contributed by atoms with Gasteiger partial charge in [-0.3, -0.25) is 0 Å². The van der Waals surface area contributed by atoms with E-state index in [1.54, 1.807) is 0 Å². The number of anilines is 1. The van der Waals surface area contributed by atoms with Crippen molar-refractivity contribution in [2.75, 3.05) is 18.4 Å². The maximum atomic E-state index is 12.1. The minimum atomic E-state index is -3.49. The lowest BCUT2D eigenvalue weighted by Crippen LogP contribution is -2.28. The minimum Gasteiger partial charge on any atom is -0.354 e. The monoisotopic (exact) mass is 298 g/mol. The van der Waals surface area contributed by atoms with Crippen LogP contribution in [0.15, 0.2) is 17.3 Å². The molecular weight excluding hydrogens is 276 g/mol. The standard InChI is InChI=1S/C13H22N4O2S/c1-2-7-14-13-15-9-12(10-16-13)20(18,19)17-8-11-5-3-4-6-11/h9-11,17H,2-8H2,1H3,(H,14,15,16). The smallest absolute Gasteiger partial charge is 0.243 e. The molecule has 20 heavy (non-hydrogen) atoms. The molecule has 6 nitrogen and oxygen atoms in total. The lowest BCUT2D eigenvalue weighted by atomic mass is 10.1. The summed E-state index contributed by atoms with van der Waals surface area (Å²) >= 11 is 0. The summed E-state index contributed by atoms with van der Waals surface area (Å²) in [6.45, 7) is 3.32. The molecule has 0 atom stereocenters. The number of nitrogens with zero attached hydrogens (tertiary/aromatic N) is 2. The molecule has 1 aliphatic carbocycles. The second-order valence-corrected chi connectivity index (χ2v) is 6.94. The van der Waals surface area contributed by atoms with Crippen LogP contribution >= 0.6 is 0 Å². The summed E-state index contributed by atoms with van der Waals surface area (Å²) in [5, 5.41) is 3.01. The van der Waals surface area contributed by atoms with Crippen LogP contribution in [0, 0.1) is 5.92 Å². The molecule has 2 rings (SSSR count). The summed E-state index contributed by atoms with van der Waals surface area (Å²) in [5.74, 6) is 0.929. The molecule has 1 heterocycles. The first-order valence-electron chi connectivity index (χ1n) is 7.17. The van der Waals surface area contributed by atoms with Crippen LogP contribution < -0.4 is 10.0 Å². The second kappa shape index (κ2) is 6.99. The molecule has 0 radical (unpaired) electrons. The Kier molecular flexibility index (Phi) is 5.31. The van der Waals surface area contributed by atoms with E-state index in [1.165, 1.54) is 25.2 Å². The van der Waals surface area contributed by atoms with Crippen molar-refractivity contribution in [3.05, 3.63) is 12.4 Å². The zero-order valence-corrected chi connectivity index (χ0v) is 12.6. The fraction of sp³-hybridized carbons (Fsp3) is 0.692. The van der Waals surface area contributed by atoms with Crippen molar-refractivity contribution >= 4 is 16.0 Å². The van der Waals surface area contributed by atoms with Gasteiger partial charge in [0, 0.05) is 13.1 Å². The maximum absolute atomic E-state index is 12.1. The molecule has 1 aromatic rings. The highest BCUT2D eigenvalue weighted by Gasteiger charge is 2.20. The van der Waals surface area contributed by atoms with E-state index in [-0.39, 0.29) is 4.90 Å². The maximum Gasteiger partial charge on any atom is 0.243 e. The van der Waals surface area contributed by atoms with E-state index in [1.807, 2.05) is 6.92 Å². The Labute approximate surface area is 120 Å². The minimum absolute atomic E-state index is 0.123. The van der Waals surface area contributed by atoms with Crippen molar-refractivity contribution in [3.8, 4) is 0 Å². The average molecular weight is 298 g/mol.